The molecule has 0 saturated carbocycles. The highest BCUT2D eigenvalue weighted by Crippen LogP contribution is 2.20. The number of hydrogen-bond donors (Lipinski definition) is 3. The van der Waals surface area contributed by atoms with Gasteiger partial charge < -0.3 is 21.1 Å². The van der Waals surface area contributed by atoms with Crippen LogP contribution in [0, 0.1) is 12.8 Å². The van der Waals surface area contributed by atoms with Gasteiger partial charge in [-0.3, -0.25) is 9.79 Å². The van der Waals surface area contributed by atoms with Crippen molar-refractivity contribution in [1.29, 1.82) is 0 Å². The Bertz CT molecular complexity index is 586. The lowest BCUT2D eigenvalue weighted by Gasteiger charge is -2.34. The first-order valence-electron chi connectivity index (χ1n) is 9.05. The SMILES string of the molecule is CCNC(=NCC(O)c1ccc(C)cc1)N1CCCC(CC(N)=O)C1. The molecule has 1 aliphatic rings. The fourth-order valence-corrected chi connectivity index (χ4v) is 3.20. The molecule has 1 amide bonds. The van der Waals surface area contributed by atoms with Gasteiger partial charge in [0.15, 0.2) is 5.96 Å². The first-order valence-corrected chi connectivity index (χ1v) is 9.05. The number of primary amides is 1. The molecule has 138 valence electrons. The highest BCUT2D eigenvalue weighted by atomic mass is 16.3. The first-order chi connectivity index (χ1) is 12.0. The Morgan fingerprint density at radius 2 is 2.16 bits per heavy atom. The number of nitrogens with zero attached hydrogens (tertiary/aromatic N) is 2. The van der Waals surface area contributed by atoms with E-state index in [4.69, 9.17) is 5.73 Å². The second-order valence-corrected chi connectivity index (χ2v) is 6.75. The quantitative estimate of drug-likeness (QED) is 0.539. The Hall–Kier alpha value is -2.08. The smallest absolute Gasteiger partial charge is 0.217 e. The molecule has 1 fully saturated rings. The number of carbonyl (C=O) groups excluding carboxylic acids is 1. The Kier molecular flexibility index (Phi) is 7.25. The van der Waals surface area contributed by atoms with Gasteiger partial charge in [-0.2, -0.15) is 0 Å². The predicted octanol–water partition coefficient (Wildman–Crippen LogP) is 1.58. The van der Waals surface area contributed by atoms with Crippen LogP contribution in [0.2, 0.25) is 0 Å². The van der Waals surface area contributed by atoms with Gasteiger partial charge in [0.2, 0.25) is 5.91 Å². The Morgan fingerprint density at radius 1 is 1.44 bits per heavy atom. The van der Waals surface area contributed by atoms with Crippen molar-refractivity contribution in [2.24, 2.45) is 16.6 Å². The number of carbonyl (C=O) groups is 1. The highest BCUT2D eigenvalue weighted by molar-refractivity contribution is 5.80. The minimum atomic E-state index is -0.625. The standard InChI is InChI=1S/C19H30N4O2/c1-3-21-19(23-10-4-5-15(13-23)11-18(20)25)22-12-17(24)16-8-6-14(2)7-9-16/h6-9,15,17,24H,3-5,10-13H2,1-2H3,(H2,20,25)(H,21,22). The number of benzene rings is 1. The third kappa shape index (κ3) is 6.05. The molecular formula is C19H30N4O2. The molecule has 1 saturated heterocycles. The zero-order valence-corrected chi connectivity index (χ0v) is 15.2. The summed E-state index contributed by atoms with van der Waals surface area (Å²) in [6, 6.07) is 7.86. The summed E-state index contributed by atoms with van der Waals surface area (Å²) in [5.41, 5.74) is 7.38. The third-order valence-corrected chi connectivity index (χ3v) is 4.52. The number of rotatable bonds is 6. The van der Waals surface area contributed by atoms with Gasteiger partial charge in [-0.25, -0.2) is 0 Å². The normalized spacial score (nSPS) is 19.6. The van der Waals surface area contributed by atoms with Gasteiger partial charge in [0.05, 0.1) is 12.6 Å². The molecule has 1 aliphatic heterocycles. The maximum absolute atomic E-state index is 11.2. The van der Waals surface area contributed by atoms with Gasteiger partial charge >= 0.3 is 0 Å². The average molecular weight is 346 g/mol. The van der Waals surface area contributed by atoms with E-state index in [9.17, 15) is 9.90 Å². The van der Waals surface area contributed by atoms with Crippen LogP contribution in [0.25, 0.3) is 0 Å². The van der Waals surface area contributed by atoms with Crippen molar-refractivity contribution in [1.82, 2.24) is 10.2 Å². The van der Waals surface area contributed by atoms with E-state index in [1.54, 1.807) is 0 Å². The van der Waals surface area contributed by atoms with Gasteiger partial charge in [0, 0.05) is 26.1 Å². The number of piperidine rings is 1. The lowest BCUT2D eigenvalue weighted by Crippen LogP contribution is -2.47. The largest absolute Gasteiger partial charge is 0.386 e. The number of likely N-dealkylation sites (tertiary alicyclic amines) is 1. The summed E-state index contributed by atoms with van der Waals surface area (Å²) in [5.74, 6) is 0.823. The van der Waals surface area contributed by atoms with Crippen molar-refractivity contribution in [3.8, 4) is 0 Å². The molecule has 1 aromatic carbocycles. The van der Waals surface area contributed by atoms with E-state index in [-0.39, 0.29) is 11.8 Å². The van der Waals surface area contributed by atoms with E-state index in [0.29, 0.717) is 13.0 Å². The number of aryl methyl sites for hydroxylation is 1. The monoisotopic (exact) mass is 346 g/mol. The summed E-state index contributed by atoms with van der Waals surface area (Å²) in [6.07, 6.45) is 1.83. The fraction of sp³-hybridized carbons (Fsp3) is 0.579. The third-order valence-electron chi connectivity index (χ3n) is 4.52. The molecule has 25 heavy (non-hydrogen) atoms. The summed E-state index contributed by atoms with van der Waals surface area (Å²) in [6.45, 7) is 6.79. The van der Waals surface area contributed by atoms with E-state index >= 15 is 0 Å². The summed E-state index contributed by atoms with van der Waals surface area (Å²) in [7, 11) is 0. The Labute approximate surface area is 150 Å². The number of nitrogens with one attached hydrogen (secondary N) is 1. The molecule has 6 nitrogen and oxygen atoms in total. The lowest BCUT2D eigenvalue weighted by molar-refractivity contribution is -0.119. The highest BCUT2D eigenvalue weighted by Gasteiger charge is 2.23. The molecule has 0 bridgehead atoms. The molecule has 4 N–H and O–H groups in total. The van der Waals surface area contributed by atoms with Crippen LogP contribution in [0.5, 0.6) is 0 Å². The molecule has 0 aliphatic carbocycles. The summed E-state index contributed by atoms with van der Waals surface area (Å²) in [5, 5.41) is 13.7. The zero-order valence-electron chi connectivity index (χ0n) is 15.2. The van der Waals surface area contributed by atoms with E-state index in [0.717, 1.165) is 44.0 Å². The number of guanidine groups is 1. The van der Waals surface area contributed by atoms with Crippen LogP contribution in [0.4, 0.5) is 0 Å². The number of amides is 1. The molecule has 6 heteroatoms. The lowest BCUT2D eigenvalue weighted by atomic mass is 9.95. The van der Waals surface area contributed by atoms with Crippen LogP contribution in [-0.4, -0.2) is 48.1 Å². The number of aliphatic imine (C=N–C) groups is 1. The molecule has 0 aromatic heterocycles. The second kappa shape index (κ2) is 9.42. The first kappa shape index (κ1) is 19.2. The van der Waals surface area contributed by atoms with Crippen LogP contribution < -0.4 is 11.1 Å². The maximum Gasteiger partial charge on any atom is 0.217 e. The van der Waals surface area contributed by atoms with E-state index < -0.39 is 6.10 Å². The number of hydrogen-bond acceptors (Lipinski definition) is 3. The summed E-state index contributed by atoms with van der Waals surface area (Å²) in [4.78, 5) is 18.0. The molecule has 0 spiro atoms. The van der Waals surface area contributed by atoms with Crippen LogP contribution in [0.3, 0.4) is 0 Å². The van der Waals surface area contributed by atoms with E-state index in [2.05, 4.69) is 15.2 Å². The molecule has 0 radical (unpaired) electrons. The minimum absolute atomic E-state index is 0.247. The molecule has 2 atom stereocenters. The van der Waals surface area contributed by atoms with Crippen LogP contribution in [0.15, 0.2) is 29.3 Å². The van der Waals surface area contributed by atoms with Gasteiger partial charge in [-0.1, -0.05) is 29.8 Å². The molecule has 2 rings (SSSR count). The van der Waals surface area contributed by atoms with Gasteiger partial charge in [-0.15, -0.1) is 0 Å². The van der Waals surface area contributed by atoms with Gasteiger partial charge in [-0.05, 0) is 38.2 Å². The van der Waals surface area contributed by atoms with E-state index in [1.165, 1.54) is 5.56 Å². The molecule has 1 aromatic rings. The van der Waals surface area contributed by atoms with Gasteiger partial charge in [0.1, 0.15) is 0 Å². The van der Waals surface area contributed by atoms with Crippen molar-refractivity contribution in [3.05, 3.63) is 35.4 Å². The summed E-state index contributed by atoms with van der Waals surface area (Å²) < 4.78 is 0. The van der Waals surface area contributed by atoms with Crippen LogP contribution in [-0.2, 0) is 4.79 Å². The maximum atomic E-state index is 11.2. The molecular weight excluding hydrogens is 316 g/mol. The minimum Gasteiger partial charge on any atom is -0.386 e. The zero-order chi connectivity index (χ0) is 18.2. The molecule has 2 unspecified atom stereocenters. The fourth-order valence-electron chi connectivity index (χ4n) is 3.20. The number of aliphatic hydroxyl groups is 1. The van der Waals surface area contributed by atoms with Crippen molar-refractivity contribution < 1.29 is 9.90 Å². The Balaban J connectivity index is 2.01. The summed E-state index contributed by atoms with van der Waals surface area (Å²) >= 11 is 0. The Morgan fingerprint density at radius 3 is 2.80 bits per heavy atom. The van der Waals surface area contributed by atoms with Gasteiger partial charge in [0.25, 0.3) is 0 Å². The predicted molar refractivity (Wildman–Crippen MR) is 100 cm³/mol. The van der Waals surface area contributed by atoms with Crippen LogP contribution >= 0.6 is 0 Å². The topological polar surface area (TPSA) is 91.0 Å². The van der Waals surface area contributed by atoms with Crippen molar-refractivity contribution >= 4 is 11.9 Å². The second-order valence-electron chi connectivity index (χ2n) is 6.75. The van der Waals surface area contributed by atoms with Crippen LogP contribution in [0.1, 0.15) is 43.4 Å². The number of nitrogens with two attached hydrogens (primary N) is 1. The van der Waals surface area contributed by atoms with Crippen molar-refractivity contribution in [2.45, 2.75) is 39.2 Å². The van der Waals surface area contributed by atoms with E-state index in [1.807, 2.05) is 38.1 Å². The number of aliphatic hydroxyl groups excluding tert-OH is 1. The average Bonchev–Trinajstić information content (AvgIpc) is 2.58. The molecule has 1 heterocycles. The van der Waals surface area contributed by atoms with Crippen molar-refractivity contribution in [3.63, 3.8) is 0 Å². The van der Waals surface area contributed by atoms with Crippen molar-refractivity contribution in [2.75, 3.05) is 26.2 Å².